The predicted molar refractivity (Wildman–Crippen MR) is 278 cm³/mol. The van der Waals surface area contributed by atoms with E-state index in [4.69, 9.17) is 19.6 Å². The minimum atomic E-state index is -4.43. The van der Waals surface area contributed by atoms with E-state index in [1.807, 2.05) is 0 Å². The fourth-order valence-electron chi connectivity index (χ4n) is 10.3. The Balaban J connectivity index is 0.000000168. The van der Waals surface area contributed by atoms with Crippen LogP contribution in [0.5, 0.6) is 0 Å². The van der Waals surface area contributed by atoms with E-state index < -0.39 is 15.6 Å². The van der Waals surface area contributed by atoms with Crippen LogP contribution >= 0.6 is 15.6 Å². The van der Waals surface area contributed by atoms with E-state index in [9.17, 15) is 9.13 Å². The molecule has 0 fully saturated rings. The first-order chi connectivity index (χ1) is 32.2. The molecule has 10 aromatic rings. The van der Waals surface area contributed by atoms with Gasteiger partial charge in [-0.15, -0.1) is 0 Å². The Bertz CT molecular complexity index is 3450. The molecule has 0 saturated heterocycles. The summed E-state index contributed by atoms with van der Waals surface area (Å²) < 4.78 is 31.2. The Labute approximate surface area is 391 Å². The number of phosphoric ester groups is 2. The molecule has 4 N–H and O–H groups in total. The van der Waals surface area contributed by atoms with Crippen LogP contribution in [0.4, 0.5) is 0 Å². The maximum atomic E-state index is 11.0. The lowest BCUT2D eigenvalue weighted by Crippen LogP contribution is -2.20. The van der Waals surface area contributed by atoms with Crippen LogP contribution in [0, 0.1) is 5.92 Å². The minimum Gasteiger partial charge on any atom is -0.306 e. The van der Waals surface area contributed by atoms with Crippen molar-refractivity contribution in [2.24, 2.45) is 5.92 Å². The SMILES string of the molecule is CC(C)CCc1ccc2c3cccc4c(CCCOP(=O)(O)O)ccc(c5cccc1c52)c43.CCN(C)CCc1ccc2c3cccc4c(CCCOP(=O)(O)O)ccc(c5cccc1c52)c43. The smallest absolute Gasteiger partial charge is 0.306 e. The second kappa shape index (κ2) is 19.5. The predicted octanol–water partition coefficient (Wildman–Crippen LogP) is 13.6. The van der Waals surface area contributed by atoms with Gasteiger partial charge in [0.2, 0.25) is 0 Å². The van der Waals surface area contributed by atoms with Crippen LogP contribution < -0.4 is 0 Å². The van der Waals surface area contributed by atoms with Gasteiger partial charge < -0.3 is 24.5 Å². The second-order valence-corrected chi connectivity index (χ2v) is 20.9. The highest BCUT2D eigenvalue weighted by Crippen LogP contribution is 2.45. The molecule has 10 aromatic carbocycles. The van der Waals surface area contributed by atoms with Gasteiger partial charge >= 0.3 is 15.6 Å². The highest BCUT2D eigenvalue weighted by atomic mass is 31.2. The summed E-state index contributed by atoms with van der Waals surface area (Å²) in [6.45, 7) is 8.89. The zero-order valence-corrected chi connectivity index (χ0v) is 40.5. The van der Waals surface area contributed by atoms with Gasteiger partial charge in [0.1, 0.15) is 0 Å². The molecule has 0 unspecified atom stereocenters. The minimum absolute atomic E-state index is 0.0331. The number of hydrogen-bond acceptors (Lipinski definition) is 5. The number of benzene rings is 10. The van der Waals surface area contributed by atoms with Crippen LogP contribution in [0.2, 0.25) is 0 Å². The Hall–Kier alpha value is -5.02. The van der Waals surface area contributed by atoms with Crippen molar-refractivity contribution in [2.45, 2.75) is 65.7 Å². The van der Waals surface area contributed by atoms with Crippen LogP contribution in [0.3, 0.4) is 0 Å². The Morgan fingerprint density at radius 3 is 1.06 bits per heavy atom. The lowest BCUT2D eigenvalue weighted by Gasteiger charge is -2.19. The normalized spacial score (nSPS) is 12.7. The number of phosphoric acid groups is 2. The summed E-state index contributed by atoms with van der Waals surface area (Å²) >= 11 is 0. The average molecular weight is 936 g/mol. The van der Waals surface area contributed by atoms with Crippen molar-refractivity contribution in [3.63, 3.8) is 0 Å². The monoisotopic (exact) mass is 935 g/mol. The number of nitrogens with zero attached hydrogens (tertiary/aromatic N) is 1. The topological polar surface area (TPSA) is 137 Å². The Morgan fingerprint density at radius 1 is 0.448 bits per heavy atom. The van der Waals surface area contributed by atoms with Crippen molar-refractivity contribution in [3.05, 3.63) is 144 Å². The van der Waals surface area contributed by atoms with Crippen molar-refractivity contribution in [1.29, 1.82) is 0 Å². The van der Waals surface area contributed by atoms with Crippen molar-refractivity contribution in [1.82, 2.24) is 4.90 Å². The molecule has 67 heavy (non-hydrogen) atoms. The molecule has 0 amide bonds. The lowest BCUT2D eigenvalue weighted by atomic mass is 9.86. The van der Waals surface area contributed by atoms with E-state index in [-0.39, 0.29) is 13.2 Å². The largest absolute Gasteiger partial charge is 0.469 e. The maximum Gasteiger partial charge on any atom is 0.469 e. The zero-order chi connectivity index (χ0) is 47.0. The third kappa shape index (κ3) is 9.82. The van der Waals surface area contributed by atoms with Crippen LogP contribution in [0.15, 0.2) is 121 Å². The third-order valence-electron chi connectivity index (χ3n) is 13.7. The fourth-order valence-corrected chi connectivity index (χ4v) is 11.1. The van der Waals surface area contributed by atoms with Gasteiger partial charge in [-0.25, -0.2) is 9.13 Å². The molecular formula is C56H59NO8P2. The molecule has 0 aliphatic heterocycles. The number of fused-ring (bicyclic) bond motifs is 4. The first-order valence-electron chi connectivity index (χ1n) is 23.5. The van der Waals surface area contributed by atoms with E-state index in [2.05, 4.69) is 163 Å². The van der Waals surface area contributed by atoms with E-state index in [0.717, 1.165) is 25.9 Å². The van der Waals surface area contributed by atoms with Crippen molar-refractivity contribution in [2.75, 3.05) is 33.4 Å². The van der Waals surface area contributed by atoms with Gasteiger partial charge in [-0.05, 0) is 173 Å². The number of rotatable bonds is 17. The van der Waals surface area contributed by atoms with Crippen LogP contribution in [0.25, 0.3) is 86.2 Å². The van der Waals surface area contributed by atoms with E-state index in [1.165, 1.54) is 115 Å². The molecule has 0 bridgehead atoms. The summed E-state index contributed by atoms with van der Waals surface area (Å²) in [4.78, 5) is 38.1. The van der Waals surface area contributed by atoms with Gasteiger partial charge in [-0.3, -0.25) is 9.05 Å². The standard InChI is InChI=1S/C28H30NO4P.C28H29O4P/c1-3-29(2)17-16-20-13-15-26-23-10-4-8-21-19(7-6-18-33-34(30,31)32)12-14-25(27(21)23)24-11-5-9-22(20)28(24)26;1-18(2)11-12-20-14-16-26-23-9-3-7-21-19(6-5-17-32-33(29,30)31)13-15-25(27(21)23)24-10-4-8-22(20)28(24)26/h4-5,8-15H,3,6-7,16-18H2,1-2H3,(H2,30,31,32);3-4,7-10,13-16,18H,5-6,11-12,17H2,1-2H3,(H2,29,30,31). The molecule has 0 aliphatic rings. The molecule has 0 atom stereocenters. The van der Waals surface area contributed by atoms with E-state index in [0.29, 0.717) is 31.6 Å². The highest BCUT2D eigenvalue weighted by Gasteiger charge is 2.19. The van der Waals surface area contributed by atoms with Crippen molar-refractivity contribution in [3.8, 4) is 0 Å². The molecule has 0 spiro atoms. The first-order valence-corrected chi connectivity index (χ1v) is 26.6. The number of hydrogen-bond donors (Lipinski definition) is 4. The molecule has 346 valence electrons. The van der Waals surface area contributed by atoms with Gasteiger partial charge in [0, 0.05) is 6.54 Å². The molecule has 0 aromatic heterocycles. The Kier molecular flexibility index (Phi) is 13.7. The van der Waals surface area contributed by atoms with Crippen molar-refractivity contribution < 1.29 is 37.8 Å². The quantitative estimate of drug-likeness (QED) is 0.0304. The molecule has 0 saturated carbocycles. The first kappa shape index (κ1) is 47.1. The zero-order valence-electron chi connectivity index (χ0n) is 38.7. The molecule has 0 aliphatic carbocycles. The van der Waals surface area contributed by atoms with Gasteiger partial charge in [0.25, 0.3) is 0 Å². The number of aryl methyl sites for hydroxylation is 3. The summed E-state index contributed by atoms with van der Waals surface area (Å²) in [6, 6.07) is 44.2. The molecule has 0 radical (unpaired) electrons. The van der Waals surface area contributed by atoms with E-state index in [1.54, 1.807) is 0 Å². The van der Waals surface area contributed by atoms with Gasteiger partial charge in [0.15, 0.2) is 0 Å². The molecule has 11 heteroatoms. The summed E-state index contributed by atoms with van der Waals surface area (Å²) in [5.74, 6) is 0.677. The highest BCUT2D eigenvalue weighted by molar-refractivity contribution is 7.46. The number of likely N-dealkylation sites (N-methyl/N-ethyl adjacent to an activating group) is 1. The van der Waals surface area contributed by atoms with Gasteiger partial charge in [-0.1, -0.05) is 142 Å². The third-order valence-corrected chi connectivity index (χ3v) is 14.7. The van der Waals surface area contributed by atoms with E-state index >= 15 is 0 Å². The fraction of sp³-hybridized carbons (Fsp3) is 0.286. The van der Waals surface area contributed by atoms with Crippen LogP contribution in [-0.2, 0) is 43.9 Å². The van der Waals surface area contributed by atoms with Crippen LogP contribution in [0.1, 0.15) is 62.3 Å². The second-order valence-electron chi connectivity index (χ2n) is 18.4. The van der Waals surface area contributed by atoms with Gasteiger partial charge in [-0.2, -0.15) is 0 Å². The summed E-state index contributed by atoms with van der Waals surface area (Å²) in [7, 11) is -6.69. The molecule has 9 nitrogen and oxygen atoms in total. The lowest BCUT2D eigenvalue weighted by molar-refractivity contribution is 0.193. The Morgan fingerprint density at radius 2 is 0.746 bits per heavy atom. The molecule has 10 rings (SSSR count). The summed E-state index contributed by atoms with van der Waals surface area (Å²) in [5.41, 5.74) is 5.15. The van der Waals surface area contributed by atoms with Gasteiger partial charge in [0.05, 0.1) is 13.2 Å². The summed E-state index contributed by atoms with van der Waals surface area (Å²) in [6.07, 6.45) is 5.79. The molecule has 0 heterocycles. The summed E-state index contributed by atoms with van der Waals surface area (Å²) in [5, 5.41) is 20.4. The van der Waals surface area contributed by atoms with Crippen molar-refractivity contribution >= 4 is 102 Å². The maximum absolute atomic E-state index is 11.0. The molecular weight excluding hydrogens is 877 g/mol. The van der Waals surface area contributed by atoms with Crippen LogP contribution in [-0.4, -0.2) is 57.8 Å². The average Bonchev–Trinajstić information content (AvgIpc) is 3.31.